The summed E-state index contributed by atoms with van der Waals surface area (Å²) in [6.07, 6.45) is 0. The van der Waals surface area contributed by atoms with E-state index in [4.69, 9.17) is 10.8 Å². The van der Waals surface area contributed by atoms with E-state index in [0.717, 1.165) is 5.56 Å². The predicted octanol–water partition coefficient (Wildman–Crippen LogP) is 2.44. The first-order chi connectivity index (χ1) is 7.64. The lowest BCUT2D eigenvalue weighted by atomic mass is 9.81. The zero-order valence-corrected chi connectivity index (χ0v) is 10.6. The van der Waals surface area contributed by atoms with Gasteiger partial charge in [0.1, 0.15) is 11.3 Å². The lowest BCUT2D eigenvalue weighted by molar-refractivity contribution is 0.0693. The van der Waals surface area contributed by atoms with Crippen LogP contribution >= 0.6 is 0 Å². The van der Waals surface area contributed by atoms with E-state index in [1.54, 1.807) is 13.0 Å². The van der Waals surface area contributed by atoms with Crippen LogP contribution in [0.1, 0.15) is 48.3 Å². The molecule has 1 rings (SSSR count). The van der Waals surface area contributed by atoms with Crippen molar-refractivity contribution in [2.75, 3.05) is 0 Å². The van der Waals surface area contributed by atoms with E-state index in [9.17, 15) is 9.90 Å². The molecule has 0 heterocycles. The number of benzene rings is 1. The second kappa shape index (κ2) is 4.37. The van der Waals surface area contributed by atoms with Crippen LogP contribution in [0.4, 0.5) is 0 Å². The van der Waals surface area contributed by atoms with Gasteiger partial charge in [-0.05, 0) is 24.0 Å². The lowest BCUT2D eigenvalue weighted by Gasteiger charge is -2.28. The van der Waals surface area contributed by atoms with E-state index in [0.29, 0.717) is 5.56 Å². The molecule has 4 heteroatoms. The van der Waals surface area contributed by atoms with Crippen molar-refractivity contribution in [2.24, 2.45) is 11.1 Å². The van der Waals surface area contributed by atoms with Gasteiger partial charge in [-0.2, -0.15) is 0 Å². The normalized spacial score (nSPS) is 13.5. The van der Waals surface area contributed by atoms with E-state index in [1.165, 1.54) is 6.07 Å². The molecule has 0 fully saturated rings. The molecule has 0 aromatic heterocycles. The largest absolute Gasteiger partial charge is 0.507 e. The quantitative estimate of drug-likeness (QED) is 0.737. The van der Waals surface area contributed by atoms with Gasteiger partial charge in [0, 0.05) is 11.6 Å². The maximum absolute atomic E-state index is 11.0. The van der Waals surface area contributed by atoms with Gasteiger partial charge in [-0.25, -0.2) is 4.79 Å². The van der Waals surface area contributed by atoms with Crippen molar-refractivity contribution < 1.29 is 15.0 Å². The highest BCUT2D eigenvalue weighted by Crippen LogP contribution is 2.37. The smallest absolute Gasteiger partial charge is 0.339 e. The van der Waals surface area contributed by atoms with E-state index >= 15 is 0 Å². The minimum Gasteiger partial charge on any atom is -0.507 e. The Morgan fingerprint density at radius 3 is 2.29 bits per heavy atom. The number of carboxylic acids is 1. The van der Waals surface area contributed by atoms with Crippen LogP contribution in [0.3, 0.4) is 0 Å². The molecule has 0 aliphatic heterocycles. The molecule has 0 bridgehead atoms. The summed E-state index contributed by atoms with van der Waals surface area (Å²) in [7, 11) is 0. The summed E-state index contributed by atoms with van der Waals surface area (Å²) in [6.45, 7) is 7.62. The number of nitrogens with two attached hydrogens (primary N) is 1. The molecular weight excluding hydrogens is 218 g/mol. The number of carbonyl (C=O) groups is 1. The average molecular weight is 237 g/mol. The van der Waals surface area contributed by atoms with Crippen LogP contribution in [0.25, 0.3) is 0 Å². The van der Waals surface area contributed by atoms with Gasteiger partial charge in [-0.15, -0.1) is 0 Å². The molecule has 94 valence electrons. The fourth-order valence-corrected chi connectivity index (χ4v) is 1.67. The zero-order chi connectivity index (χ0) is 13.4. The Kier molecular flexibility index (Phi) is 3.48. The molecule has 1 aromatic rings. The number of carboxylic acid groups (broad SMARTS) is 1. The van der Waals surface area contributed by atoms with Gasteiger partial charge >= 0.3 is 5.97 Å². The molecule has 17 heavy (non-hydrogen) atoms. The summed E-state index contributed by atoms with van der Waals surface area (Å²) in [5, 5.41) is 19.0. The summed E-state index contributed by atoms with van der Waals surface area (Å²) in [4.78, 5) is 11.0. The van der Waals surface area contributed by atoms with Gasteiger partial charge in [0.2, 0.25) is 0 Å². The Bertz CT molecular complexity index is 447. The Morgan fingerprint density at radius 1 is 1.35 bits per heavy atom. The lowest BCUT2D eigenvalue weighted by Crippen LogP contribution is -2.26. The van der Waals surface area contributed by atoms with Crippen LogP contribution in [0.2, 0.25) is 0 Å². The van der Waals surface area contributed by atoms with Gasteiger partial charge in [0.15, 0.2) is 0 Å². The van der Waals surface area contributed by atoms with Crippen LogP contribution in [0, 0.1) is 12.3 Å². The molecule has 0 unspecified atom stereocenters. The average Bonchev–Trinajstić information content (AvgIpc) is 2.18. The third-order valence-corrected chi connectivity index (χ3v) is 2.78. The maximum Gasteiger partial charge on any atom is 0.339 e. The first kappa shape index (κ1) is 13.5. The molecule has 0 saturated carbocycles. The van der Waals surface area contributed by atoms with Gasteiger partial charge in [-0.1, -0.05) is 26.8 Å². The number of aromatic carboxylic acids is 1. The standard InChI is InChI=1S/C13H19NO3/c1-7-5-8(11(14)13(2,3)4)10(15)9(6-7)12(16)17/h5-6,11,15H,14H2,1-4H3,(H,16,17)/t11-/m1/s1. The molecule has 0 aliphatic rings. The van der Waals surface area contributed by atoms with E-state index < -0.39 is 12.0 Å². The van der Waals surface area contributed by atoms with Gasteiger partial charge in [0.25, 0.3) is 0 Å². The van der Waals surface area contributed by atoms with E-state index in [2.05, 4.69) is 0 Å². The van der Waals surface area contributed by atoms with Crippen LogP contribution < -0.4 is 5.73 Å². The summed E-state index contributed by atoms with van der Waals surface area (Å²) in [5.41, 5.74) is 6.97. The predicted molar refractivity (Wildman–Crippen MR) is 66.2 cm³/mol. The molecule has 4 nitrogen and oxygen atoms in total. The Hall–Kier alpha value is -1.55. The van der Waals surface area contributed by atoms with Crippen molar-refractivity contribution in [2.45, 2.75) is 33.7 Å². The van der Waals surface area contributed by atoms with E-state index in [-0.39, 0.29) is 16.7 Å². The van der Waals surface area contributed by atoms with Crippen molar-refractivity contribution in [1.82, 2.24) is 0 Å². The van der Waals surface area contributed by atoms with Crippen molar-refractivity contribution in [3.63, 3.8) is 0 Å². The minimum atomic E-state index is -1.14. The Labute approximate surface area is 101 Å². The van der Waals surface area contributed by atoms with Crippen LogP contribution in [0.5, 0.6) is 5.75 Å². The number of rotatable bonds is 2. The van der Waals surface area contributed by atoms with Gasteiger partial charge in [-0.3, -0.25) is 0 Å². The van der Waals surface area contributed by atoms with Crippen molar-refractivity contribution >= 4 is 5.97 Å². The summed E-state index contributed by atoms with van der Waals surface area (Å²) in [6, 6.07) is 2.76. The molecule has 0 spiro atoms. The molecule has 1 aromatic carbocycles. The molecule has 0 radical (unpaired) electrons. The third kappa shape index (κ3) is 2.77. The highest BCUT2D eigenvalue weighted by molar-refractivity contribution is 5.91. The fourth-order valence-electron chi connectivity index (χ4n) is 1.67. The molecule has 4 N–H and O–H groups in total. The summed E-state index contributed by atoms with van der Waals surface area (Å²) in [5.74, 6) is -1.38. The van der Waals surface area contributed by atoms with Crippen molar-refractivity contribution in [3.05, 3.63) is 28.8 Å². The number of hydrogen-bond acceptors (Lipinski definition) is 3. The fraction of sp³-hybridized carbons (Fsp3) is 0.462. The second-order valence-electron chi connectivity index (χ2n) is 5.40. The topological polar surface area (TPSA) is 83.5 Å². The first-order valence-corrected chi connectivity index (χ1v) is 5.47. The number of aromatic hydroxyl groups is 1. The highest BCUT2D eigenvalue weighted by atomic mass is 16.4. The maximum atomic E-state index is 11.0. The first-order valence-electron chi connectivity index (χ1n) is 5.47. The van der Waals surface area contributed by atoms with Gasteiger partial charge < -0.3 is 15.9 Å². The minimum absolute atomic E-state index is 0.0975. The number of hydrogen-bond donors (Lipinski definition) is 3. The zero-order valence-electron chi connectivity index (χ0n) is 10.6. The van der Waals surface area contributed by atoms with Crippen molar-refractivity contribution in [3.8, 4) is 5.75 Å². The monoisotopic (exact) mass is 237 g/mol. The second-order valence-corrected chi connectivity index (χ2v) is 5.40. The van der Waals surface area contributed by atoms with Crippen LogP contribution in [0.15, 0.2) is 12.1 Å². The van der Waals surface area contributed by atoms with Crippen LogP contribution in [-0.2, 0) is 0 Å². The molecule has 0 aliphatic carbocycles. The molecule has 0 amide bonds. The van der Waals surface area contributed by atoms with Gasteiger partial charge in [0.05, 0.1) is 0 Å². The van der Waals surface area contributed by atoms with E-state index in [1.807, 2.05) is 20.8 Å². The Morgan fingerprint density at radius 2 is 1.88 bits per heavy atom. The summed E-state index contributed by atoms with van der Waals surface area (Å²) < 4.78 is 0. The SMILES string of the molecule is Cc1cc(C(=O)O)c(O)c([C@@H](N)C(C)(C)C)c1. The third-order valence-electron chi connectivity index (χ3n) is 2.78. The van der Waals surface area contributed by atoms with Crippen LogP contribution in [-0.4, -0.2) is 16.2 Å². The molecule has 0 saturated heterocycles. The van der Waals surface area contributed by atoms with Crippen molar-refractivity contribution in [1.29, 1.82) is 0 Å². The highest BCUT2D eigenvalue weighted by Gasteiger charge is 2.27. The number of phenols is 1. The number of aryl methyl sites for hydroxylation is 1. The molecule has 1 atom stereocenters. The molecular formula is C13H19NO3. The Balaban J connectivity index is 3.40. The summed E-state index contributed by atoms with van der Waals surface area (Å²) >= 11 is 0.